The maximum absolute atomic E-state index is 11.6. The van der Waals surface area contributed by atoms with Gasteiger partial charge >= 0.3 is 0 Å². The third-order valence-electron chi connectivity index (χ3n) is 3.18. The van der Waals surface area contributed by atoms with Crippen LogP contribution in [0.2, 0.25) is 0 Å². The summed E-state index contributed by atoms with van der Waals surface area (Å²) in [5, 5.41) is 0. The van der Waals surface area contributed by atoms with Crippen molar-refractivity contribution in [3.8, 4) is 0 Å². The average Bonchev–Trinajstić information content (AvgIpc) is 2.35. The second-order valence-corrected chi connectivity index (χ2v) is 6.70. The van der Waals surface area contributed by atoms with Crippen LogP contribution in [0.4, 0.5) is 0 Å². The van der Waals surface area contributed by atoms with E-state index in [-0.39, 0.29) is 24.2 Å². The van der Waals surface area contributed by atoms with E-state index in [1.165, 1.54) is 6.92 Å². The van der Waals surface area contributed by atoms with Gasteiger partial charge in [-0.15, -0.1) is 0 Å². The third-order valence-corrected chi connectivity index (χ3v) is 4.77. The Bertz CT molecular complexity index is 377. The molecule has 1 amide bonds. The Kier molecular flexibility index (Phi) is 6.74. The highest BCUT2D eigenvalue weighted by atomic mass is 32.2. The largest absolute Gasteiger partial charge is 0.381 e. The molecule has 7 heteroatoms. The van der Waals surface area contributed by atoms with Gasteiger partial charge in [0.05, 0.1) is 5.75 Å². The zero-order valence-corrected chi connectivity index (χ0v) is 12.5. The Labute approximate surface area is 115 Å². The van der Waals surface area contributed by atoms with Gasteiger partial charge in [-0.1, -0.05) is 6.92 Å². The minimum atomic E-state index is -3.20. The van der Waals surface area contributed by atoms with Gasteiger partial charge in [0.15, 0.2) is 0 Å². The fourth-order valence-electron chi connectivity index (χ4n) is 2.26. The van der Waals surface area contributed by atoms with E-state index in [0.29, 0.717) is 26.2 Å². The first kappa shape index (κ1) is 16.4. The van der Waals surface area contributed by atoms with Crippen molar-refractivity contribution in [2.45, 2.75) is 39.2 Å². The number of hydrogen-bond acceptors (Lipinski definition) is 4. The van der Waals surface area contributed by atoms with Gasteiger partial charge in [0.2, 0.25) is 15.9 Å². The van der Waals surface area contributed by atoms with Gasteiger partial charge in [0, 0.05) is 39.3 Å². The Hall–Kier alpha value is -0.660. The second kappa shape index (κ2) is 7.81. The number of ether oxygens (including phenoxy) is 1. The van der Waals surface area contributed by atoms with Crippen LogP contribution in [0.15, 0.2) is 0 Å². The molecule has 1 heterocycles. The Morgan fingerprint density at radius 1 is 1.37 bits per heavy atom. The van der Waals surface area contributed by atoms with E-state index in [9.17, 15) is 13.2 Å². The number of amides is 1. The molecule has 1 aliphatic rings. The molecule has 6 nitrogen and oxygen atoms in total. The molecule has 0 spiro atoms. The predicted molar refractivity (Wildman–Crippen MR) is 73.3 cm³/mol. The van der Waals surface area contributed by atoms with E-state index in [0.717, 1.165) is 12.8 Å². The lowest BCUT2D eigenvalue weighted by Gasteiger charge is -2.33. The maximum atomic E-state index is 11.6. The van der Waals surface area contributed by atoms with Gasteiger partial charge in [-0.05, 0) is 19.3 Å². The molecule has 1 rings (SSSR count). The number of sulfonamides is 1. The highest BCUT2D eigenvalue weighted by Gasteiger charge is 2.23. The first-order chi connectivity index (χ1) is 8.96. The standard InChI is InChI=1S/C12H24N2O4S/c1-3-10-19(16,17)13-6-7-14(11(2)15)12-4-8-18-9-5-12/h12-13H,3-10H2,1-2H3. The number of carbonyl (C=O) groups excluding carboxylic acids is 1. The molecule has 1 aliphatic heterocycles. The van der Waals surface area contributed by atoms with Crippen LogP contribution >= 0.6 is 0 Å². The fourth-order valence-corrected chi connectivity index (χ4v) is 3.34. The molecule has 112 valence electrons. The summed E-state index contributed by atoms with van der Waals surface area (Å²) in [4.78, 5) is 13.4. The van der Waals surface area contributed by atoms with Crippen LogP contribution in [0.5, 0.6) is 0 Å². The lowest BCUT2D eigenvalue weighted by Crippen LogP contribution is -2.46. The molecular formula is C12H24N2O4S. The van der Waals surface area contributed by atoms with Gasteiger partial charge in [0.1, 0.15) is 0 Å². The SMILES string of the molecule is CCCS(=O)(=O)NCCN(C(C)=O)C1CCOCC1. The summed E-state index contributed by atoms with van der Waals surface area (Å²) in [5.41, 5.74) is 0. The molecule has 0 aliphatic carbocycles. The molecule has 0 unspecified atom stereocenters. The summed E-state index contributed by atoms with van der Waals surface area (Å²) in [7, 11) is -3.20. The molecule has 1 saturated heterocycles. The van der Waals surface area contributed by atoms with E-state index >= 15 is 0 Å². The van der Waals surface area contributed by atoms with Gasteiger partial charge < -0.3 is 9.64 Å². The van der Waals surface area contributed by atoms with Crippen molar-refractivity contribution in [1.29, 1.82) is 0 Å². The Morgan fingerprint density at radius 2 is 2.00 bits per heavy atom. The first-order valence-electron chi connectivity index (χ1n) is 6.78. The Balaban J connectivity index is 2.44. The summed E-state index contributed by atoms with van der Waals surface area (Å²) >= 11 is 0. The number of hydrogen-bond donors (Lipinski definition) is 1. The minimum Gasteiger partial charge on any atom is -0.381 e. The van der Waals surface area contributed by atoms with Gasteiger partial charge in [-0.2, -0.15) is 0 Å². The summed E-state index contributed by atoms with van der Waals surface area (Å²) in [6.45, 7) is 5.37. The molecule has 1 N–H and O–H groups in total. The molecule has 0 aromatic heterocycles. The average molecular weight is 292 g/mol. The van der Waals surface area contributed by atoms with Crippen molar-refractivity contribution >= 4 is 15.9 Å². The summed E-state index contributed by atoms with van der Waals surface area (Å²) in [5.74, 6) is 0.117. The number of rotatable bonds is 7. The van der Waals surface area contributed by atoms with Gasteiger partial charge in [0.25, 0.3) is 0 Å². The van der Waals surface area contributed by atoms with E-state index in [1.54, 1.807) is 4.90 Å². The molecule has 0 atom stereocenters. The third kappa shape index (κ3) is 5.88. The van der Waals surface area contributed by atoms with Crippen molar-refractivity contribution in [3.05, 3.63) is 0 Å². The molecule has 0 saturated carbocycles. The number of nitrogens with zero attached hydrogens (tertiary/aromatic N) is 1. The van der Waals surface area contributed by atoms with Gasteiger partial charge in [-0.25, -0.2) is 13.1 Å². The van der Waals surface area contributed by atoms with Crippen LogP contribution in [0.25, 0.3) is 0 Å². The van der Waals surface area contributed by atoms with Crippen LogP contribution < -0.4 is 4.72 Å². The minimum absolute atomic E-state index is 0.0124. The highest BCUT2D eigenvalue weighted by Crippen LogP contribution is 2.14. The van der Waals surface area contributed by atoms with Crippen molar-refractivity contribution in [1.82, 2.24) is 9.62 Å². The van der Waals surface area contributed by atoms with E-state index in [2.05, 4.69) is 4.72 Å². The molecule has 0 radical (unpaired) electrons. The summed E-state index contributed by atoms with van der Waals surface area (Å²) in [6.07, 6.45) is 2.23. The van der Waals surface area contributed by atoms with Gasteiger partial charge in [-0.3, -0.25) is 4.79 Å². The topological polar surface area (TPSA) is 75.7 Å². The monoisotopic (exact) mass is 292 g/mol. The molecule has 0 aromatic rings. The van der Waals surface area contributed by atoms with Crippen LogP contribution in [-0.2, 0) is 19.6 Å². The predicted octanol–water partition coefficient (Wildman–Crippen LogP) is 0.343. The van der Waals surface area contributed by atoms with E-state index in [1.807, 2.05) is 6.92 Å². The van der Waals surface area contributed by atoms with Crippen molar-refractivity contribution < 1.29 is 17.9 Å². The summed E-state index contributed by atoms with van der Waals surface area (Å²) in [6, 6.07) is 0.168. The zero-order valence-electron chi connectivity index (χ0n) is 11.7. The molecule has 0 aromatic carbocycles. The number of nitrogens with one attached hydrogen (secondary N) is 1. The normalized spacial score (nSPS) is 17.4. The second-order valence-electron chi connectivity index (χ2n) is 4.77. The highest BCUT2D eigenvalue weighted by molar-refractivity contribution is 7.89. The van der Waals surface area contributed by atoms with E-state index < -0.39 is 10.0 Å². The molecule has 0 bridgehead atoms. The van der Waals surface area contributed by atoms with Crippen molar-refractivity contribution in [2.24, 2.45) is 0 Å². The lowest BCUT2D eigenvalue weighted by molar-refractivity contribution is -0.132. The summed E-state index contributed by atoms with van der Waals surface area (Å²) < 4.78 is 30.8. The van der Waals surface area contributed by atoms with Crippen LogP contribution in [0, 0.1) is 0 Å². The first-order valence-corrected chi connectivity index (χ1v) is 8.44. The maximum Gasteiger partial charge on any atom is 0.219 e. The fraction of sp³-hybridized carbons (Fsp3) is 0.917. The van der Waals surface area contributed by atoms with Crippen LogP contribution in [-0.4, -0.2) is 57.3 Å². The molecule has 1 fully saturated rings. The number of carbonyl (C=O) groups is 1. The van der Waals surface area contributed by atoms with Crippen molar-refractivity contribution in [3.63, 3.8) is 0 Å². The zero-order chi connectivity index (χ0) is 14.3. The lowest BCUT2D eigenvalue weighted by atomic mass is 10.1. The van der Waals surface area contributed by atoms with Crippen molar-refractivity contribution in [2.75, 3.05) is 32.1 Å². The molecule has 19 heavy (non-hydrogen) atoms. The smallest absolute Gasteiger partial charge is 0.219 e. The Morgan fingerprint density at radius 3 is 2.53 bits per heavy atom. The van der Waals surface area contributed by atoms with Crippen LogP contribution in [0.3, 0.4) is 0 Å². The van der Waals surface area contributed by atoms with E-state index in [4.69, 9.17) is 4.74 Å². The molecular weight excluding hydrogens is 268 g/mol. The van der Waals surface area contributed by atoms with Crippen LogP contribution in [0.1, 0.15) is 33.1 Å². The quantitative estimate of drug-likeness (QED) is 0.734.